The van der Waals surface area contributed by atoms with E-state index in [0.717, 1.165) is 0 Å². The van der Waals surface area contributed by atoms with Crippen LogP contribution in [0, 0.1) is 0 Å². The van der Waals surface area contributed by atoms with Crippen LogP contribution in [0.15, 0.2) is 0 Å². The minimum absolute atomic E-state index is 0.164. The summed E-state index contributed by atoms with van der Waals surface area (Å²) in [6.45, 7) is 3.17. The lowest BCUT2D eigenvalue weighted by molar-refractivity contribution is -0.150. The second-order valence-corrected chi connectivity index (χ2v) is 2.30. The number of halogens is 1. The van der Waals surface area contributed by atoms with Crippen LogP contribution in [-0.2, 0) is 19.1 Å². The molecule has 0 aromatic heterocycles. The van der Waals surface area contributed by atoms with E-state index in [1.165, 1.54) is 0 Å². The highest BCUT2D eigenvalue weighted by atomic mass is 35.5. The van der Waals surface area contributed by atoms with Gasteiger partial charge >= 0.3 is 11.2 Å². The van der Waals surface area contributed by atoms with Gasteiger partial charge in [0.2, 0.25) is 0 Å². The molecule has 0 heterocycles. The molecule has 4 nitrogen and oxygen atoms in total. The zero-order valence-corrected chi connectivity index (χ0v) is 7.60. The largest absolute Gasteiger partial charge is 0.459 e. The normalized spacial score (nSPS) is 9.50. The maximum atomic E-state index is 10.4. The van der Waals surface area contributed by atoms with E-state index in [2.05, 4.69) is 4.74 Å². The lowest BCUT2D eigenvalue weighted by atomic mass is 10.5. The molecule has 0 atom stereocenters. The van der Waals surface area contributed by atoms with Gasteiger partial charge in [-0.2, -0.15) is 0 Å². The van der Waals surface area contributed by atoms with Gasteiger partial charge in [0.1, 0.15) is 0 Å². The fraction of sp³-hybridized carbons (Fsp3) is 0.714. The van der Waals surface area contributed by atoms with Gasteiger partial charge in [-0.25, -0.2) is 4.79 Å². The van der Waals surface area contributed by atoms with Crippen molar-refractivity contribution in [2.24, 2.45) is 0 Å². The summed E-state index contributed by atoms with van der Waals surface area (Å²) in [5.41, 5.74) is 0. The van der Waals surface area contributed by atoms with E-state index in [4.69, 9.17) is 16.3 Å². The number of ether oxygens (including phenoxy) is 2. The van der Waals surface area contributed by atoms with Crippen LogP contribution in [0.1, 0.15) is 13.3 Å². The average Bonchev–Trinajstić information content (AvgIpc) is 2.03. The highest BCUT2D eigenvalue weighted by molar-refractivity contribution is 6.80. The van der Waals surface area contributed by atoms with Crippen molar-refractivity contribution < 1.29 is 19.1 Å². The summed E-state index contributed by atoms with van der Waals surface area (Å²) in [7, 11) is 0. The quantitative estimate of drug-likeness (QED) is 0.271. The van der Waals surface area contributed by atoms with E-state index >= 15 is 0 Å². The first-order valence-corrected chi connectivity index (χ1v) is 4.00. The van der Waals surface area contributed by atoms with Gasteiger partial charge in [0.15, 0.2) is 0 Å². The van der Waals surface area contributed by atoms with Gasteiger partial charge in [-0.3, -0.25) is 4.79 Å². The third-order valence-electron chi connectivity index (χ3n) is 1.03. The summed E-state index contributed by atoms with van der Waals surface area (Å²) in [5, 5.41) is -1.09. The summed E-state index contributed by atoms with van der Waals surface area (Å²) < 4.78 is 9.42. The minimum Gasteiger partial charge on any atom is -0.459 e. The Balaban J connectivity index is 3.20. The summed E-state index contributed by atoms with van der Waals surface area (Å²) in [6, 6.07) is 0. The van der Waals surface area contributed by atoms with Crippen LogP contribution in [0.4, 0.5) is 0 Å². The zero-order chi connectivity index (χ0) is 9.40. The molecule has 0 N–H and O–H groups in total. The van der Waals surface area contributed by atoms with Crippen molar-refractivity contribution in [3.8, 4) is 0 Å². The van der Waals surface area contributed by atoms with Crippen LogP contribution in [0.5, 0.6) is 0 Å². The Kier molecular flexibility index (Phi) is 6.70. The third-order valence-corrected chi connectivity index (χ3v) is 1.19. The number of esters is 1. The molecule has 0 aromatic carbocycles. The fourth-order valence-electron chi connectivity index (χ4n) is 0.527. The first-order chi connectivity index (χ1) is 5.68. The molecule has 12 heavy (non-hydrogen) atoms. The van der Waals surface area contributed by atoms with Gasteiger partial charge in [-0.15, -0.1) is 0 Å². The Hall–Kier alpha value is -0.610. The maximum Gasteiger partial charge on any atom is 0.391 e. The highest BCUT2D eigenvalue weighted by Crippen LogP contribution is 1.89. The molecule has 5 heteroatoms. The van der Waals surface area contributed by atoms with Crippen molar-refractivity contribution in [2.45, 2.75) is 13.3 Å². The molecule has 0 spiro atoms. The van der Waals surface area contributed by atoms with Crippen LogP contribution in [0.2, 0.25) is 0 Å². The van der Waals surface area contributed by atoms with Crippen molar-refractivity contribution >= 4 is 22.8 Å². The maximum absolute atomic E-state index is 10.4. The molecule has 0 unspecified atom stereocenters. The molecule has 0 aromatic rings. The number of carbonyl (C=O) groups is 2. The molecule has 0 aliphatic carbocycles. The van der Waals surface area contributed by atoms with E-state index in [1.807, 2.05) is 6.92 Å². The van der Waals surface area contributed by atoms with Crippen LogP contribution < -0.4 is 0 Å². The van der Waals surface area contributed by atoms with Crippen molar-refractivity contribution in [2.75, 3.05) is 19.8 Å². The molecule has 0 fully saturated rings. The number of hydrogen-bond acceptors (Lipinski definition) is 4. The summed E-state index contributed by atoms with van der Waals surface area (Å²) >= 11 is 4.82. The number of rotatable bonds is 6. The molecule has 0 rings (SSSR count). The standard InChI is InChI=1S/C7H11ClO4/c1-2-11-4-3-5-12-7(10)6(8)9/h2-5H2,1H3. The Morgan fingerprint density at radius 2 is 2.00 bits per heavy atom. The third kappa shape index (κ3) is 6.12. The molecule has 0 saturated carbocycles. The van der Waals surface area contributed by atoms with Gasteiger partial charge in [-0.1, -0.05) is 0 Å². The molecule has 0 bridgehead atoms. The van der Waals surface area contributed by atoms with Gasteiger partial charge in [-0.05, 0) is 18.5 Å². The summed E-state index contributed by atoms with van der Waals surface area (Å²) in [4.78, 5) is 20.6. The van der Waals surface area contributed by atoms with Crippen molar-refractivity contribution in [3.05, 3.63) is 0 Å². The number of hydrogen-bond donors (Lipinski definition) is 0. The second kappa shape index (κ2) is 7.06. The summed E-state index contributed by atoms with van der Waals surface area (Å²) in [5.74, 6) is -1.01. The Morgan fingerprint density at radius 1 is 1.33 bits per heavy atom. The molecule has 0 aliphatic heterocycles. The molecule has 0 saturated heterocycles. The van der Waals surface area contributed by atoms with E-state index in [1.54, 1.807) is 0 Å². The molecule has 0 radical (unpaired) electrons. The zero-order valence-electron chi connectivity index (χ0n) is 6.84. The Labute approximate surface area is 75.8 Å². The Morgan fingerprint density at radius 3 is 2.50 bits per heavy atom. The SMILES string of the molecule is CCOCCCOC(=O)C(=O)Cl. The van der Waals surface area contributed by atoms with Gasteiger partial charge in [0.05, 0.1) is 6.61 Å². The van der Waals surface area contributed by atoms with Gasteiger partial charge in [0.25, 0.3) is 0 Å². The lowest BCUT2D eigenvalue weighted by Gasteiger charge is -2.01. The molecular weight excluding hydrogens is 184 g/mol. The van der Waals surface area contributed by atoms with Crippen LogP contribution >= 0.6 is 11.6 Å². The molecule has 0 aliphatic rings. The van der Waals surface area contributed by atoms with Crippen molar-refractivity contribution in [1.82, 2.24) is 0 Å². The highest BCUT2D eigenvalue weighted by Gasteiger charge is 2.10. The fourth-order valence-corrected chi connectivity index (χ4v) is 0.581. The molecule has 0 amide bonds. The Bertz CT molecular complexity index is 157. The minimum atomic E-state index is -1.09. The van der Waals surface area contributed by atoms with E-state index in [-0.39, 0.29) is 6.61 Å². The predicted octanol–water partition coefficient (Wildman–Crippen LogP) is 0.722. The smallest absolute Gasteiger partial charge is 0.391 e. The van der Waals surface area contributed by atoms with Crippen LogP contribution in [0.25, 0.3) is 0 Å². The first-order valence-electron chi connectivity index (χ1n) is 3.62. The second-order valence-electron chi connectivity index (χ2n) is 1.96. The summed E-state index contributed by atoms with van der Waals surface area (Å²) in [6.07, 6.45) is 0.573. The van der Waals surface area contributed by atoms with E-state index in [0.29, 0.717) is 19.6 Å². The first kappa shape index (κ1) is 11.4. The lowest BCUT2D eigenvalue weighted by Crippen LogP contribution is -2.13. The van der Waals surface area contributed by atoms with Crippen LogP contribution in [0.3, 0.4) is 0 Å². The van der Waals surface area contributed by atoms with Gasteiger partial charge < -0.3 is 9.47 Å². The average molecular weight is 195 g/mol. The van der Waals surface area contributed by atoms with Crippen molar-refractivity contribution in [3.63, 3.8) is 0 Å². The van der Waals surface area contributed by atoms with Gasteiger partial charge in [0, 0.05) is 19.6 Å². The number of carbonyl (C=O) groups excluding carboxylic acids is 2. The van der Waals surface area contributed by atoms with Crippen LogP contribution in [-0.4, -0.2) is 31.0 Å². The van der Waals surface area contributed by atoms with E-state index < -0.39 is 11.2 Å². The van der Waals surface area contributed by atoms with Crippen molar-refractivity contribution in [1.29, 1.82) is 0 Å². The topological polar surface area (TPSA) is 52.6 Å². The predicted molar refractivity (Wildman–Crippen MR) is 42.9 cm³/mol. The van der Waals surface area contributed by atoms with E-state index in [9.17, 15) is 9.59 Å². The monoisotopic (exact) mass is 194 g/mol. The molecular formula is C7H11ClO4. The molecule has 70 valence electrons.